The smallest absolute Gasteiger partial charge is 0.119 e. The van der Waals surface area contributed by atoms with Gasteiger partial charge in [0.15, 0.2) is 0 Å². The molecule has 0 bridgehead atoms. The highest BCUT2D eigenvalue weighted by atomic mass is 32.2. The minimum atomic E-state index is 0.234. The zero-order valence-electron chi connectivity index (χ0n) is 12.3. The summed E-state index contributed by atoms with van der Waals surface area (Å²) in [6, 6.07) is 9.52. The number of thioether (sulfide) groups is 1. The van der Waals surface area contributed by atoms with Gasteiger partial charge in [0.25, 0.3) is 0 Å². The van der Waals surface area contributed by atoms with Crippen molar-refractivity contribution in [2.45, 2.75) is 57.6 Å². The first-order valence-electron chi connectivity index (χ1n) is 7.20. The van der Waals surface area contributed by atoms with Crippen molar-refractivity contribution in [1.29, 1.82) is 0 Å². The van der Waals surface area contributed by atoms with Crippen molar-refractivity contribution in [3.63, 3.8) is 0 Å². The third kappa shape index (κ3) is 4.15. The third-order valence-electron chi connectivity index (χ3n) is 3.59. The Hall–Kier alpha value is -0.670. The van der Waals surface area contributed by atoms with Crippen molar-refractivity contribution in [1.82, 2.24) is 5.32 Å². The summed E-state index contributed by atoms with van der Waals surface area (Å²) in [6.07, 6.45) is 1.52. The van der Waals surface area contributed by atoms with Gasteiger partial charge in [-0.2, -0.15) is 11.8 Å². The van der Waals surface area contributed by atoms with Crippen LogP contribution in [-0.4, -0.2) is 23.1 Å². The molecule has 1 heterocycles. The molecule has 1 aliphatic heterocycles. The summed E-state index contributed by atoms with van der Waals surface area (Å²) in [5, 5.41) is 4.47. The van der Waals surface area contributed by atoms with E-state index in [-0.39, 0.29) is 6.10 Å². The van der Waals surface area contributed by atoms with Crippen LogP contribution in [0.4, 0.5) is 0 Å². The minimum Gasteiger partial charge on any atom is -0.491 e. The maximum atomic E-state index is 5.68. The highest BCUT2D eigenvalue weighted by Gasteiger charge is 2.25. The topological polar surface area (TPSA) is 21.3 Å². The number of hydrogen-bond acceptors (Lipinski definition) is 3. The molecule has 2 nitrogen and oxygen atoms in total. The lowest BCUT2D eigenvalue weighted by Gasteiger charge is -2.22. The Morgan fingerprint density at radius 1 is 1.21 bits per heavy atom. The van der Waals surface area contributed by atoms with E-state index in [1.165, 1.54) is 17.7 Å². The van der Waals surface area contributed by atoms with Crippen LogP contribution < -0.4 is 10.1 Å². The zero-order valence-corrected chi connectivity index (χ0v) is 13.2. The lowest BCUT2D eigenvalue weighted by molar-refractivity contribution is 0.242. The van der Waals surface area contributed by atoms with Gasteiger partial charge in [0, 0.05) is 17.3 Å². The Balaban J connectivity index is 1.93. The molecular formula is C16H25NOS. The van der Waals surface area contributed by atoms with Crippen LogP contribution in [0.3, 0.4) is 0 Å². The molecule has 3 heteroatoms. The number of ether oxygens (including phenoxy) is 1. The predicted molar refractivity (Wildman–Crippen MR) is 84.1 cm³/mol. The van der Waals surface area contributed by atoms with Gasteiger partial charge in [-0.25, -0.2) is 0 Å². The molecule has 1 aliphatic rings. The van der Waals surface area contributed by atoms with Crippen molar-refractivity contribution >= 4 is 11.8 Å². The highest BCUT2D eigenvalue weighted by Crippen LogP contribution is 2.28. The van der Waals surface area contributed by atoms with Gasteiger partial charge >= 0.3 is 0 Å². The first kappa shape index (κ1) is 14.7. The summed E-state index contributed by atoms with van der Waals surface area (Å²) in [7, 11) is 0. The van der Waals surface area contributed by atoms with Crippen LogP contribution in [0.1, 0.15) is 45.7 Å². The number of hydrogen-bond donors (Lipinski definition) is 1. The second-order valence-corrected chi connectivity index (χ2v) is 7.08. The van der Waals surface area contributed by atoms with Crippen molar-refractivity contribution < 1.29 is 4.74 Å². The van der Waals surface area contributed by atoms with Gasteiger partial charge in [-0.3, -0.25) is 0 Å². The van der Waals surface area contributed by atoms with Gasteiger partial charge in [0.2, 0.25) is 0 Å². The van der Waals surface area contributed by atoms with E-state index in [0.29, 0.717) is 12.1 Å². The minimum absolute atomic E-state index is 0.234. The summed E-state index contributed by atoms with van der Waals surface area (Å²) in [6.45, 7) is 8.67. The second-order valence-electron chi connectivity index (χ2n) is 5.60. The third-order valence-corrected chi connectivity index (χ3v) is 4.92. The van der Waals surface area contributed by atoms with Crippen molar-refractivity contribution in [2.24, 2.45) is 0 Å². The summed E-state index contributed by atoms with van der Waals surface area (Å²) in [4.78, 5) is 0. The van der Waals surface area contributed by atoms with Crippen LogP contribution in [0.15, 0.2) is 24.3 Å². The van der Waals surface area contributed by atoms with E-state index < -0.39 is 0 Å². The molecule has 3 atom stereocenters. The quantitative estimate of drug-likeness (QED) is 0.879. The molecule has 19 heavy (non-hydrogen) atoms. The summed E-state index contributed by atoms with van der Waals surface area (Å²) >= 11 is 2.07. The van der Waals surface area contributed by atoms with E-state index in [2.05, 4.69) is 69.0 Å². The molecule has 1 fully saturated rings. The molecular weight excluding hydrogens is 254 g/mol. The standard InChI is InChI=1S/C16H25NOS/c1-11(2)18-15-7-5-14(6-8-15)12(3)17-16-9-10-19-13(16)4/h5-8,11-13,16-17H,9-10H2,1-4H3. The van der Waals surface area contributed by atoms with Crippen molar-refractivity contribution in [3.05, 3.63) is 29.8 Å². The molecule has 1 aromatic rings. The molecule has 0 aromatic heterocycles. The lowest BCUT2D eigenvalue weighted by Crippen LogP contribution is -2.35. The van der Waals surface area contributed by atoms with E-state index in [1.807, 2.05) is 0 Å². The average molecular weight is 279 g/mol. The summed E-state index contributed by atoms with van der Waals surface area (Å²) < 4.78 is 5.68. The number of nitrogens with one attached hydrogen (secondary N) is 1. The van der Waals surface area contributed by atoms with Gasteiger partial charge < -0.3 is 10.1 Å². The van der Waals surface area contributed by atoms with Crippen molar-refractivity contribution in [2.75, 3.05) is 5.75 Å². The molecule has 1 saturated heterocycles. The van der Waals surface area contributed by atoms with E-state index in [4.69, 9.17) is 4.74 Å². The maximum Gasteiger partial charge on any atom is 0.119 e. The molecule has 3 unspecified atom stereocenters. The number of benzene rings is 1. The van der Waals surface area contributed by atoms with Crippen LogP contribution in [0, 0.1) is 0 Å². The average Bonchev–Trinajstić information content (AvgIpc) is 2.75. The summed E-state index contributed by atoms with van der Waals surface area (Å²) in [5.74, 6) is 2.24. The van der Waals surface area contributed by atoms with Gasteiger partial charge in [-0.1, -0.05) is 19.1 Å². The molecule has 0 amide bonds. The molecule has 2 rings (SSSR count). The fourth-order valence-electron chi connectivity index (χ4n) is 2.48. The molecule has 106 valence electrons. The molecule has 0 radical (unpaired) electrons. The van der Waals surface area contributed by atoms with E-state index in [0.717, 1.165) is 11.0 Å². The van der Waals surface area contributed by atoms with Gasteiger partial charge in [-0.15, -0.1) is 0 Å². The normalized spacial score (nSPS) is 24.7. The van der Waals surface area contributed by atoms with E-state index in [1.54, 1.807) is 0 Å². The largest absolute Gasteiger partial charge is 0.491 e. The van der Waals surface area contributed by atoms with Gasteiger partial charge in [-0.05, 0) is 50.6 Å². The fraction of sp³-hybridized carbons (Fsp3) is 0.625. The Kier molecular flexibility index (Phi) is 5.17. The first-order chi connectivity index (χ1) is 9.06. The Bertz CT molecular complexity index is 390. The van der Waals surface area contributed by atoms with E-state index in [9.17, 15) is 0 Å². The van der Waals surface area contributed by atoms with Crippen LogP contribution >= 0.6 is 11.8 Å². The molecule has 1 N–H and O–H groups in total. The predicted octanol–water partition coefficient (Wildman–Crippen LogP) is 4.02. The monoisotopic (exact) mass is 279 g/mol. The Morgan fingerprint density at radius 2 is 1.89 bits per heavy atom. The van der Waals surface area contributed by atoms with Crippen LogP contribution in [0.2, 0.25) is 0 Å². The second kappa shape index (κ2) is 6.67. The van der Waals surface area contributed by atoms with Gasteiger partial charge in [0.05, 0.1) is 6.10 Å². The van der Waals surface area contributed by atoms with Crippen LogP contribution in [0.25, 0.3) is 0 Å². The van der Waals surface area contributed by atoms with Crippen LogP contribution in [0.5, 0.6) is 5.75 Å². The fourth-order valence-corrected chi connectivity index (χ4v) is 3.68. The molecule has 0 aliphatic carbocycles. The number of rotatable bonds is 5. The maximum absolute atomic E-state index is 5.68. The summed E-state index contributed by atoms with van der Waals surface area (Å²) in [5.41, 5.74) is 1.33. The zero-order chi connectivity index (χ0) is 13.8. The van der Waals surface area contributed by atoms with E-state index >= 15 is 0 Å². The van der Waals surface area contributed by atoms with Gasteiger partial charge in [0.1, 0.15) is 5.75 Å². The molecule has 0 spiro atoms. The highest BCUT2D eigenvalue weighted by molar-refractivity contribution is 8.00. The lowest BCUT2D eigenvalue weighted by atomic mass is 10.1. The van der Waals surface area contributed by atoms with Crippen LogP contribution in [-0.2, 0) is 0 Å². The first-order valence-corrected chi connectivity index (χ1v) is 8.25. The molecule has 0 saturated carbocycles. The Labute approximate surface area is 121 Å². The van der Waals surface area contributed by atoms with Crippen molar-refractivity contribution in [3.8, 4) is 5.75 Å². The molecule has 1 aromatic carbocycles. The Morgan fingerprint density at radius 3 is 2.42 bits per heavy atom. The SMILES string of the molecule is CC(C)Oc1ccc(C(C)NC2CCSC2C)cc1.